The molecule has 7 nitrogen and oxygen atoms in total. The maximum atomic E-state index is 14.1. The standard InChI is InChI=1S/C27H31F3N4O3/c1-15-5-9-21-18(11-15)7-6-16(2)33(21)26(35)20-14-25-31-19(13-24(27(28,29)30)34(25)32-20)17-8-10-22(36-3)23(12-17)37-4/h8,10,12-16,18,21H,5-7,9,11H2,1-4H3/t15-,16-,18+,21+/m0/s1. The summed E-state index contributed by atoms with van der Waals surface area (Å²) in [7, 11) is 2.93. The van der Waals surface area contributed by atoms with Crippen LogP contribution in [0.4, 0.5) is 13.2 Å². The molecular formula is C27H31F3N4O3. The van der Waals surface area contributed by atoms with Crippen LogP contribution in [-0.2, 0) is 6.18 Å². The van der Waals surface area contributed by atoms with Crippen LogP contribution >= 0.6 is 0 Å². The molecule has 4 atom stereocenters. The number of carbonyl (C=O) groups excluding carboxylic acids is 1. The molecule has 1 aromatic carbocycles. The summed E-state index contributed by atoms with van der Waals surface area (Å²) in [5, 5.41) is 4.14. The molecule has 0 N–H and O–H groups in total. The number of fused-ring (bicyclic) bond motifs is 2. The van der Waals surface area contributed by atoms with E-state index in [4.69, 9.17) is 9.47 Å². The van der Waals surface area contributed by atoms with Gasteiger partial charge in [0, 0.05) is 23.7 Å². The van der Waals surface area contributed by atoms with Gasteiger partial charge in [-0.1, -0.05) is 6.92 Å². The third kappa shape index (κ3) is 4.62. The van der Waals surface area contributed by atoms with Gasteiger partial charge in [-0.2, -0.15) is 18.3 Å². The van der Waals surface area contributed by atoms with Gasteiger partial charge in [-0.15, -0.1) is 0 Å². The Morgan fingerprint density at radius 1 is 1.00 bits per heavy atom. The summed E-state index contributed by atoms with van der Waals surface area (Å²) in [4.78, 5) is 20.0. The fraction of sp³-hybridized carbons (Fsp3) is 0.519. The van der Waals surface area contributed by atoms with E-state index < -0.39 is 11.9 Å². The molecule has 198 valence electrons. The molecule has 37 heavy (non-hydrogen) atoms. The zero-order valence-electron chi connectivity index (χ0n) is 21.4. The smallest absolute Gasteiger partial charge is 0.433 e. The number of methoxy groups -OCH3 is 2. The SMILES string of the molecule is COc1ccc(-c2cc(C(F)(F)F)n3nc(C(=O)N4[C@@H]5CC[C@H](C)C[C@H]5CC[C@@H]4C)cc3n2)cc1OC. The third-order valence-electron chi connectivity index (χ3n) is 7.84. The molecular weight excluding hydrogens is 485 g/mol. The second-order valence-electron chi connectivity index (χ2n) is 10.3. The summed E-state index contributed by atoms with van der Waals surface area (Å²) in [6.07, 6.45) is 0.257. The molecule has 3 aromatic rings. The largest absolute Gasteiger partial charge is 0.493 e. The van der Waals surface area contributed by atoms with Crippen molar-refractivity contribution in [2.24, 2.45) is 11.8 Å². The first-order valence-electron chi connectivity index (χ1n) is 12.6. The van der Waals surface area contributed by atoms with Gasteiger partial charge in [-0.3, -0.25) is 4.79 Å². The molecule has 10 heteroatoms. The van der Waals surface area contributed by atoms with Crippen LogP contribution in [0, 0.1) is 11.8 Å². The van der Waals surface area contributed by atoms with Crippen LogP contribution in [0.3, 0.4) is 0 Å². The summed E-state index contributed by atoms with van der Waals surface area (Å²) < 4.78 is 53.7. The van der Waals surface area contributed by atoms with E-state index in [-0.39, 0.29) is 35.0 Å². The second-order valence-corrected chi connectivity index (χ2v) is 10.3. The molecule has 3 heterocycles. The fourth-order valence-electron chi connectivity index (χ4n) is 5.99. The Bertz CT molecular complexity index is 1320. The highest BCUT2D eigenvalue weighted by atomic mass is 19.4. The number of likely N-dealkylation sites (tertiary alicyclic amines) is 1. The fourth-order valence-corrected chi connectivity index (χ4v) is 5.99. The predicted molar refractivity (Wildman–Crippen MR) is 132 cm³/mol. The average Bonchev–Trinajstić information content (AvgIpc) is 3.31. The van der Waals surface area contributed by atoms with Crippen molar-refractivity contribution in [2.45, 2.75) is 64.2 Å². The van der Waals surface area contributed by atoms with Gasteiger partial charge in [-0.25, -0.2) is 9.50 Å². The topological polar surface area (TPSA) is 69.0 Å². The van der Waals surface area contributed by atoms with Gasteiger partial charge in [-0.05, 0) is 75.1 Å². The Labute approximate surface area is 213 Å². The number of piperidine rings is 1. The van der Waals surface area contributed by atoms with Crippen LogP contribution in [0.2, 0.25) is 0 Å². The number of ether oxygens (including phenoxy) is 2. The molecule has 2 aliphatic rings. The first-order valence-corrected chi connectivity index (χ1v) is 12.6. The number of amides is 1. The lowest BCUT2D eigenvalue weighted by molar-refractivity contribution is -0.142. The second kappa shape index (κ2) is 9.54. The van der Waals surface area contributed by atoms with Crippen molar-refractivity contribution in [1.29, 1.82) is 0 Å². The third-order valence-corrected chi connectivity index (χ3v) is 7.84. The number of rotatable bonds is 4. The zero-order valence-corrected chi connectivity index (χ0v) is 21.4. The van der Waals surface area contributed by atoms with E-state index in [0.29, 0.717) is 28.9 Å². The molecule has 1 saturated heterocycles. The van der Waals surface area contributed by atoms with Gasteiger partial charge in [0.25, 0.3) is 5.91 Å². The van der Waals surface area contributed by atoms with E-state index in [1.807, 2.05) is 11.8 Å². The van der Waals surface area contributed by atoms with Crippen molar-refractivity contribution in [3.05, 3.63) is 41.7 Å². The lowest BCUT2D eigenvalue weighted by Gasteiger charge is -2.48. The normalized spacial score (nSPS) is 24.1. The molecule has 0 unspecified atom stereocenters. The van der Waals surface area contributed by atoms with E-state index in [9.17, 15) is 18.0 Å². The Hall–Kier alpha value is -3.30. The van der Waals surface area contributed by atoms with E-state index >= 15 is 0 Å². The van der Waals surface area contributed by atoms with Gasteiger partial charge >= 0.3 is 6.18 Å². The predicted octanol–water partition coefficient (Wildman–Crippen LogP) is 5.86. The molecule has 1 amide bonds. The lowest BCUT2D eigenvalue weighted by Crippen LogP contribution is -2.54. The maximum Gasteiger partial charge on any atom is 0.433 e. The summed E-state index contributed by atoms with van der Waals surface area (Å²) in [6.45, 7) is 4.25. The Kier molecular flexibility index (Phi) is 6.53. The van der Waals surface area contributed by atoms with Gasteiger partial charge in [0.15, 0.2) is 28.5 Å². The van der Waals surface area contributed by atoms with Gasteiger partial charge in [0.05, 0.1) is 19.9 Å². The summed E-state index contributed by atoms with van der Waals surface area (Å²) >= 11 is 0. The van der Waals surface area contributed by atoms with Crippen LogP contribution in [0.15, 0.2) is 30.3 Å². The number of hydrogen-bond acceptors (Lipinski definition) is 5. The molecule has 2 aromatic heterocycles. The zero-order chi connectivity index (χ0) is 26.5. The average molecular weight is 517 g/mol. The van der Waals surface area contributed by atoms with E-state index in [1.165, 1.54) is 20.3 Å². The maximum absolute atomic E-state index is 14.1. The number of benzene rings is 1. The van der Waals surface area contributed by atoms with Gasteiger partial charge in [0.1, 0.15) is 0 Å². The number of halogens is 3. The number of hydrogen-bond donors (Lipinski definition) is 0. The molecule has 1 saturated carbocycles. The molecule has 1 aliphatic heterocycles. The van der Waals surface area contributed by atoms with Crippen LogP contribution in [0.1, 0.15) is 62.1 Å². The highest BCUT2D eigenvalue weighted by Crippen LogP contribution is 2.41. The number of aromatic nitrogens is 3. The molecule has 1 aliphatic carbocycles. The summed E-state index contributed by atoms with van der Waals surface area (Å²) in [5.41, 5.74) is -0.552. The van der Waals surface area contributed by atoms with Gasteiger partial charge in [0.2, 0.25) is 0 Å². The Balaban J connectivity index is 1.57. The van der Waals surface area contributed by atoms with E-state index in [0.717, 1.165) is 42.7 Å². The molecule has 5 rings (SSSR count). The minimum atomic E-state index is -4.71. The lowest BCUT2D eigenvalue weighted by atomic mass is 9.72. The molecule has 2 fully saturated rings. The first kappa shape index (κ1) is 25.4. The Morgan fingerprint density at radius 2 is 1.76 bits per heavy atom. The Morgan fingerprint density at radius 3 is 2.46 bits per heavy atom. The van der Waals surface area contributed by atoms with Crippen molar-refractivity contribution in [2.75, 3.05) is 14.2 Å². The van der Waals surface area contributed by atoms with Crippen LogP contribution < -0.4 is 9.47 Å². The highest BCUT2D eigenvalue weighted by molar-refractivity contribution is 5.94. The van der Waals surface area contributed by atoms with Crippen molar-refractivity contribution in [3.8, 4) is 22.8 Å². The number of carbonyl (C=O) groups is 1. The number of alkyl halides is 3. The van der Waals surface area contributed by atoms with Crippen molar-refractivity contribution in [3.63, 3.8) is 0 Å². The molecule has 0 spiro atoms. The monoisotopic (exact) mass is 516 g/mol. The summed E-state index contributed by atoms with van der Waals surface area (Å²) in [5.74, 6) is 1.53. The molecule has 0 bridgehead atoms. The van der Waals surface area contributed by atoms with Gasteiger partial charge < -0.3 is 14.4 Å². The summed E-state index contributed by atoms with van der Waals surface area (Å²) in [6, 6.07) is 7.19. The van der Waals surface area contributed by atoms with Crippen LogP contribution in [-0.4, -0.2) is 51.7 Å². The number of nitrogens with zero attached hydrogens (tertiary/aromatic N) is 4. The highest BCUT2D eigenvalue weighted by Gasteiger charge is 2.42. The minimum absolute atomic E-state index is 0.00402. The minimum Gasteiger partial charge on any atom is -0.493 e. The first-order chi connectivity index (χ1) is 17.6. The van der Waals surface area contributed by atoms with Crippen molar-refractivity contribution < 1.29 is 27.4 Å². The van der Waals surface area contributed by atoms with Crippen LogP contribution in [0.5, 0.6) is 11.5 Å². The quantitative estimate of drug-likeness (QED) is 0.434. The van der Waals surface area contributed by atoms with Crippen molar-refractivity contribution >= 4 is 11.6 Å². The van der Waals surface area contributed by atoms with E-state index in [1.54, 1.807) is 18.2 Å². The molecule has 0 radical (unpaired) electrons. The van der Waals surface area contributed by atoms with Crippen molar-refractivity contribution in [1.82, 2.24) is 19.5 Å². The van der Waals surface area contributed by atoms with Crippen LogP contribution in [0.25, 0.3) is 16.9 Å². The van der Waals surface area contributed by atoms with E-state index in [2.05, 4.69) is 17.0 Å².